The van der Waals surface area contributed by atoms with Crippen LogP contribution in [0.1, 0.15) is 24.0 Å². The number of nitrogens with zero attached hydrogens (tertiary/aromatic N) is 3. The number of fused-ring (bicyclic) bond motifs is 1. The lowest BCUT2D eigenvalue weighted by Crippen LogP contribution is -2.39. The van der Waals surface area contributed by atoms with Gasteiger partial charge in [0.1, 0.15) is 22.0 Å². The van der Waals surface area contributed by atoms with Crippen molar-refractivity contribution < 1.29 is 26.3 Å². The second-order valence-electron chi connectivity index (χ2n) is 9.36. The molecule has 6 rings (SSSR count). The average Bonchev–Trinajstić information content (AvgIpc) is 3.64. The monoisotopic (exact) mass is 635 g/mol. The van der Waals surface area contributed by atoms with E-state index in [1.165, 1.54) is 35.6 Å². The summed E-state index contributed by atoms with van der Waals surface area (Å²) in [5.74, 6) is -1.68. The van der Waals surface area contributed by atoms with Crippen LogP contribution in [-0.4, -0.2) is 42.8 Å². The number of benzene rings is 2. The zero-order chi connectivity index (χ0) is 29.1. The smallest absolute Gasteiger partial charge is 0.281 e. The third-order valence-electron chi connectivity index (χ3n) is 6.37. The van der Waals surface area contributed by atoms with Crippen molar-refractivity contribution in [3.63, 3.8) is 0 Å². The van der Waals surface area contributed by atoms with Crippen molar-refractivity contribution in [3.05, 3.63) is 86.2 Å². The van der Waals surface area contributed by atoms with Crippen LogP contribution in [0.4, 0.5) is 15.8 Å². The lowest BCUT2D eigenvalue weighted by molar-refractivity contribution is 0.464. The van der Waals surface area contributed by atoms with Crippen molar-refractivity contribution in [2.45, 2.75) is 29.5 Å². The van der Waals surface area contributed by atoms with Gasteiger partial charge in [-0.25, -0.2) is 30.9 Å². The van der Waals surface area contributed by atoms with Gasteiger partial charge in [0.2, 0.25) is 10.0 Å². The number of nitrogens with one attached hydrogen (secondary N) is 2. The zero-order valence-corrected chi connectivity index (χ0v) is 23.9. The zero-order valence-electron chi connectivity index (χ0n) is 20.7. The highest BCUT2D eigenvalue weighted by molar-refractivity contribution is 7.93. The quantitative estimate of drug-likeness (QED) is 0.278. The highest BCUT2D eigenvalue weighted by Crippen LogP contribution is 2.36. The van der Waals surface area contributed by atoms with E-state index in [4.69, 9.17) is 11.6 Å². The van der Waals surface area contributed by atoms with Gasteiger partial charge in [-0.2, -0.15) is 5.10 Å². The Labute approximate surface area is 242 Å². The molecule has 3 heterocycles. The molecule has 1 aliphatic heterocycles. The van der Waals surface area contributed by atoms with Crippen molar-refractivity contribution in [1.82, 2.24) is 14.5 Å². The molecule has 16 heteroatoms. The summed E-state index contributed by atoms with van der Waals surface area (Å²) in [6.45, 7) is -0.175. The molecule has 1 saturated carbocycles. The lowest BCUT2D eigenvalue weighted by atomic mass is 10.1. The fourth-order valence-corrected chi connectivity index (χ4v) is 7.69. The van der Waals surface area contributed by atoms with E-state index in [0.29, 0.717) is 23.3 Å². The number of amidine groups is 1. The number of aliphatic imine (C=N–C) groups is 1. The van der Waals surface area contributed by atoms with Crippen LogP contribution < -0.4 is 15.0 Å². The van der Waals surface area contributed by atoms with Gasteiger partial charge in [-0.3, -0.25) is 14.2 Å². The molecular weight excluding hydrogens is 617 g/mol. The van der Waals surface area contributed by atoms with Crippen molar-refractivity contribution in [3.8, 4) is 16.3 Å². The van der Waals surface area contributed by atoms with E-state index in [1.54, 1.807) is 17.5 Å². The second kappa shape index (κ2) is 9.94. The van der Waals surface area contributed by atoms with E-state index < -0.39 is 53.8 Å². The molecular formula is C25H19ClFN5O6S3. The minimum atomic E-state index is -4.36. The Balaban J connectivity index is 1.47. The predicted octanol–water partition coefficient (Wildman–Crippen LogP) is 3.79. The predicted molar refractivity (Wildman–Crippen MR) is 153 cm³/mol. The Morgan fingerprint density at radius 2 is 1.98 bits per heavy atom. The van der Waals surface area contributed by atoms with Crippen molar-refractivity contribution in [1.29, 1.82) is 0 Å². The molecule has 11 nitrogen and oxygen atoms in total. The van der Waals surface area contributed by atoms with E-state index in [2.05, 4.69) is 19.5 Å². The van der Waals surface area contributed by atoms with Gasteiger partial charge >= 0.3 is 0 Å². The van der Waals surface area contributed by atoms with Gasteiger partial charge in [-0.1, -0.05) is 23.7 Å². The Kier molecular flexibility index (Phi) is 6.64. The minimum absolute atomic E-state index is 0.000309. The Bertz CT molecular complexity index is 2020. The highest BCUT2D eigenvalue weighted by atomic mass is 35.5. The third-order valence-corrected chi connectivity index (χ3v) is 10.8. The normalized spacial score (nSPS) is 16.0. The maximum absolute atomic E-state index is 13.7. The van der Waals surface area contributed by atoms with Gasteiger partial charge in [-0.05, 0) is 60.2 Å². The standard InChI is InChI=1S/C25H19ClFN5O6S3/c26-16-10-13(3-7-17(16)27)12-32-25(34)21(23(33)22(29-32)19-2-1-9-39-19)24-28-18-8-4-14(11-20(18)41(37,38)31-24)30-40(35,36)15-5-6-15/h1-4,7-11,15,30,33H,5-6,12H2,(H,28,31). The topological polar surface area (TPSA) is 160 Å². The highest BCUT2D eigenvalue weighted by Gasteiger charge is 2.36. The van der Waals surface area contributed by atoms with Crippen LogP contribution in [0.15, 0.2) is 68.6 Å². The van der Waals surface area contributed by atoms with Gasteiger partial charge in [0.15, 0.2) is 11.6 Å². The summed E-state index contributed by atoms with van der Waals surface area (Å²) in [4.78, 5) is 18.1. The molecule has 0 amide bonds. The number of anilines is 1. The molecule has 2 aliphatic rings. The van der Waals surface area contributed by atoms with Gasteiger partial charge in [0.05, 0.1) is 27.4 Å². The van der Waals surface area contributed by atoms with Crippen LogP contribution >= 0.6 is 22.9 Å². The first-order chi connectivity index (χ1) is 19.4. The maximum atomic E-state index is 13.7. The molecule has 0 spiro atoms. The SMILES string of the molecule is O=c1c(C2=Nc3ccc(NS(=O)(=O)C4CC4)cc3S(=O)(=O)N2)c(O)c(-c2cccs2)nn1Cc1ccc(F)c(Cl)c1. The second-order valence-corrected chi connectivity index (χ2v) is 14.3. The Hall–Kier alpha value is -3.79. The Morgan fingerprint density at radius 1 is 1.20 bits per heavy atom. The summed E-state index contributed by atoms with van der Waals surface area (Å²) in [5, 5.41) is 16.5. The first-order valence-electron chi connectivity index (χ1n) is 12.0. The number of halogens is 2. The summed E-state index contributed by atoms with van der Waals surface area (Å²) in [6, 6.07) is 11.1. The third kappa shape index (κ3) is 5.21. The summed E-state index contributed by atoms with van der Waals surface area (Å²) < 4.78 is 70.5. The number of hydrogen-bond donors (Lipinski definition) is 3. The molecule has 2 aromatic carbocycles. The summed E-state index contributed by atoms with van der Waals surface area (Å²) >= 11 is 7.13. The molecule has 212 valence electrons. The van der Waals surface area contributed by atoms with Gasteiger partial charge in [0.25, 0.3) is 15.6 Å². The lowest BCUT2D eigenvalue weighted by Gasteiger charge is -2.20. The largest absolute Gasteiger partial charge is 0.505 e. The number of hydrogen-bond acceptors (Lipinski definition) is 9. The Morgan fingerprint density at radius 3 is 2.66 bits per heavy atom. The first-order valence-corrected chi connectivity index (χ1v) is 16.3. The summed E-state index contributed by atoms with van der Waals surface area (Å²) in [5.41, 5.74) is -0.922. The van der Waals surface area contributed by atoms with Crippen LogP contribution in [0.2, 0.25) is 5.02 Å². The fraction of sp³-hybridized carbons (Fsp3) is 0.160. The van der Waals surface area contributed by atoms with Gasteiger partial charge in [0, 0.05) is 5.69 Å². The molecule has 2 aromatic heterocycles. The minimum Gasteiger partial charge on any atom is -0.505 e. The molecule has 0 saturated heterocycles. The molecule has 0 atom stereocenters. The van der Waals surface area contributed by atoms with E-state index in [1.807, 2.05) is 0 Å². The maximum Gasteiger partial charge on any atom is 0.281 e. The van der Waals surface area contributed by atoms with E-state index >= 15 is 0 Å². The van der Waals surface area contributed by atoms with Gasteiger partial charge < -0.3 is 5.11 Å². The van der Waals surface area contributed by atoms with Gasteiger partial charge in [-0.15, -0.1) is 11.3 Å². The first kappa shape index (κ1) is 27.4. The number of sulfonamides is 2. The molecule has 4 aromatic rings. The van der Waals surface area contributed by atoms with E-state index in [9.17, 15) is 31.1 Å². The van der Waals surface area contributed by atoms with Crippen LogP contribution in [0.3, 0.4) is 0 Å². The van der Waals surface area contributed by atoms with Crippen molar-refractivity contribution in [2.75, 3.05) is 4.72 Å². The fourth-order valence-electron chi connectivity index (χ4n) is 4.22. The van der Waals surface area contributed by atoms with Crippen LogP contribution in [0.25, 0.3) is 10.6 Å². The molecule has 3 N–H and O–H groups in total. The molecule has 1 fully saturated rings. The summed E-state index contributed by atoms with van der Waals surface area (Å²) in [7, 11) is -8.00. The van der Waals surface area contributed by atoms with Crippen LogP contribution in [-0.2, 0) is 26.6 Å². The van der Waals surface area contributed by atoms with Crippen LogP contribution in [0, 0.1) is 5.82 Å². The number of aromatic nitrogens is 2. The molecule has 1 aliphatic carbocycles. The van der Waals surface area contributed by atoms with Crippen molar-refractivity contribution in [2.24, 2.45) is 4.99 Å². The molecule has 0 unspecified atom stereocenters. The van der Waals surface area contributed by atoms with Crippen molar-refractivity contribution >= 4 is 60.2 Å². The molecule has 0 radical (unpaired) electrons. The number of rotatable bonds is 7. The van der Waals surface area contributed by atoms with E-state index in [0.717, 1.165) is 16.8 Å². The van der Waals surface area contributed by atoms with Crippen LogP contribution in [0.5, 0.6) is 5.75 Å². The van der Waals surface area contributed by atoms with E-state index in [-0.39, 0.29) is 33.5 Å². The number of thiophene rings is 1. The molecule has 41 heavy (non-hydrogen) atoms. The average molecular weight is 636 g/mol. The number of aromatic hydroxyl groups is 1. The molecule has 0 bridgehead atoms. The summed E-state index contributed by atoms with van der Waals surface area (Å²) in [6.07, 6.45) is 1.06.